The molecule has 1 aliphatic heterocycles. The minimum atomic E-state index is -2.46. The predicted octanol–water partition coefficient (Wildman–Crippen LogP) is 3.32. The van der Waals surface area contributed by atoms with Crippen LogP contribution in [-0.2, 0) is 14.1 Å². The zero-order valence-electron chi connectivity index (χ0n) is 18.9. The van der Waals surface area contributed by atoms with Crippen LogP contribution in [0.5, 0.6) is 0 Å². The Labute approximate surface area is 173 Å². The second kappa shape index (κ2) is 8.35. The number of amides is 3. The molecular weight excluding hydrogens is 394 g/mol. The fraction of sp³-hybridized carbons (Fsp3) is 0.737. The third-order valence-electron chi connectivity index (χ3n) is 5.10. The first-order chi connectivity index (χ1) is 12.9. The topological polar surface area (TPSA) is 122 Å². The molecule has 0 saturated heterocycles. The monoisotopic (exact) mass is 429 g/mol. The molecule has 2 atom stereocenters. The Hall–Kier alpha value is -2.07. The van der Waals surface area contributed by atoms with Gasteiger partial charge in [0.2, 0.25) is 14.2 Å². The molecule has 0 aromatic heterocycles. The van der Waals surface area contributed by atoms with Gasteiger partial charge < -0.3 is 20.1 Å². The summed E-state index contributed by atoms with van der Waals surface area (Å²) in [6.07, 6.45) is -0.367. The van der Waals surface area contributed by atoms with E-state index in [9.17, 15) is 19.5 Å². The summed E-state index contributed by atoms with van der Waals surface area (Å²) < 4.78 is 11.8. The fourth-order valence-corrected chi connectivity index (χ4v) is 3.61. The molecular formula is C19H35N3O6Si. The van der Waals surface area contributed by atoms with Crippen molar-refractivity contribution in [2.45, 2.75) is 84.3 Å². The maximum absolute atomic E-state index is 13.0. The standard InChI is InChI=1S/C19H35N3O6Si/c1-12-10-13(11-21(16(24)25)14(12)15(20)23)22(17(26)27-18(2,3)4)28-29(8,9)19(5,6)7/h10,13-14H,11H2,1-9H3,(H2,20,23)(H,24,25)/t13-,14+/m1/s1. The van der Waals surface area contributed by atoms with Gasteiger partial charge in [-0.2, -0.15) is 5.06 Å². The third-order valence-corrected chi connectivity index (χ3v) is 9.37. The number of ether oxygens (including phenoxy) is 1. The average Bonchev–Trinajstić information content (AvgIpc) is 2.48. The zero-order chi connectivity index (χ0) is 22.9. The molecule has 166 valence electrons. The van der Waals surface area contributed by atoms with Crippen LogP contribution in [0, 0.1) is 0 Å². The van der Waals surface area contributed by atoms with Gasteiger partial charge in [0.1, 0.15) is 11.6 Å². The highest BCUT2D eigenvalue weighted by atomic mass is 28.4. The molecule has 0 aromatic rings. The first kappa shape index (κ1) is 25.0. The molecule has 0 aromatic carbocycles. The van der Waals surface area contributed by atoms with Crippen LogP contribution >= 0.6 is 0 Å². The highest BCUT2D eigenvalue weighted by molar-refractivity contribution is 6.74. The van der Waals surface area contributed by atoms with Crippen molar-refractivity contribution in [3.63, 3.8) is 0 Å². The SMILES string of the molecule is CC1=C[C@@H](N(O[Si](C)(C)C(C)(C)C)C(=O)OC(C)(C)C)CN(C(=O)O)[C@@H]1C(N)=O. The first-order valence-corrected chi connectivity index (χ1v) is 12.5. The lowest BCUT2D eigenvalue weighted by Crippen LogP contribution is -2.60. The summed E-state index contributed by atoms with van der Waals surface area (Å²) in [5.41, 5.74) is 5.07. The highest BCUT2D eigenvalue weighted by Gasteiger charge is 2.45. The van der Waals surface area contributed by atoms with Gasteiger partial charge in [-0.3, -0.25) is 9.69 Å². The molecule has 0 unspecified atom stereocenters. The van der Waals surface area contributed by atoms with Gasteiger partial charge in [0.25, 0.3) is 0 Å². The van der Waals surface area contributed by atoms with Crippen molar-refractivity contribution in [3.05, 3.63) is 11.6 Å². The van der Waals surface area contributed by atoms with Gasteiger partial charge in [-0.25, -0.2) is 9.59 Å². The second-order valence-corrected chi connectivity index (χ2v) is 14.6. The second-order valence-electron chi connectivity index (χ2n) is 9.88. The quantitative estimate of drug-likeness (QED) is 0.401. The van der Waals surface area contributed by atoms with Crippen molar-refractivity contribution in [2.75, 3.05) is 6.54 Å². The summed E-state index contributed by atoms with van der Waals surface area (Å²) in [6.45, 7) is 16.7. The fourth-order valence-electron chi connectivity index (χ4n) is 2.64. The van der Waals surface area contributed by atoms with Crippen LogP contribution in [0.3, 0.4) is 0 Å². The number of carboxylic acid groups (broad SMARTS) is 1. The van der Waals surface area contributed by atoms with Crippen LogP contribution < -0.4 is 5.73 Å². The molecule has 0 spiro atoms. The molecule has 0 bridgehead atoms. The number of hydrogen-bond donors (Lipinski definition) is 2. The van der Waals surface area contributed by atoms with E-state index in [1.54, 1.807) is 33.8 Å². The Morgan fingerprint density at radius 1 is 1.21 bits per heavy atom. The van der Waals surface area contributed by atoms with Crippen molar-refractivity contribution in [2.24, 2.45) is 5.73 Å². The summed E-state index contributed by atoms with van der Waals surface area (Å²) in [5, 5.41) is 10.5. The van der Waals surface area contributed by atoms with Gasteiger partial charge in [-0.05, 0) is 51.4 Å². The van der Waals surface area contributed by atoms with Crippen LogP contribution in [0.2, 0.25) is 18.1 Å². The molecule has 9 nitrogen and oxygen atoms in total. The maximum atomic E-state index is 13.0. The van der Waals surface area contributed by atoms with E-state index >= 15 is 0 Å². The van der Waals surface area contributed by atoms with Crippen LogP contribution in [0.4, 0.5) is 9.59 Å². The smallest absolute Gasteiger partial charge is 0.434 e. The molecule has 0 radical (unpaired) electrons. The van der Waals surface area contributed by atoms with Gasteiger partial charge in [-0.15, -0.1) is 0 Å². The number of primary amides is 1. The highest BCUT2D eigenvalue weighted by Crippen LogP contribution is 2.38. The molecule has 10 heteroatoms. The number of nitrogens with two attached hydrogens (primary N) is 1. The number of nitrogens with zero attached hydrogens (tertiary/aromatic N) is 2. The Balaban J connectivity index is 3.39. The van der Waals surface area contributed by atoms with Gasteiger partial charge in [0.05, 0.1) is 12.6 Å². The van der Waals surface area contributed by atoms with E-state index in [1.807, 2.05) is 33.9 Å². The van der Waals surface area contributed by atoms with Gasteiger partial charge in [-0.1, -0.05) is 26.8 Å². The molecule has 1 aliphatic rings. The zero-order valence-corrected chi connectivity index (χ0v) is 19.9. The lowest BCUT2D eigenvalue weighted by atomic mass is 9.98. The van der Waals surface area contributed by atoms with E-state index in [1.165, 1.54) is 0 Å². The summed E-state index contributed by atoms with van der Waals surface area (Å²) in [5.74, 6) is -0.770. The normalized spacial score (nSPS) is 20.7. The third kappa shape index (κ3) is 6.20. The summed E-state index contributed by atoms with van der Waals surface area (Å²) in [7, 11) is -2.46. The van der Waals surface area contributed by atoms with Crippen LogP contribution in [0.15, 0.2) is 11.6 Å². The van der Waals surface area contributed by atoms with Crippen molar-refractivity contribution in [1.29, 1.82) is 0 Å². The summed E-state index contributed by atoms with van der Waals surface area (Å²) >= 11 is 0. The van der Waals surface area contributed by atoms with Crippen molar-refractivity contribution in [1.82, 2.24) is 9.96 Å². The lowest BCUT2D eigenvalue weighted by Gasteiger charge is -2.44. The van der Waals surface area contributed by atoms with E-state index in [0.717, 1.165) is 9.96 Å². The minimum absolute atomic E-state index is 0.159. The molecule has 0 fully saturated rings. The maximum Gasteiger partial charge on any atom is 0.434 e. The van der Waals surface area contributed by atoms with Crippen LogP contribution in [0.25, 0.3) is 0 Å². The molecule has 0 aliphatic carbocycles. The number of carbonyl (C=O) groups is 3. The average molecular weight is 430 g/mol. The molecule has 1 heterocycles. The Morgan fingerprint density at radius 2 is 1.72 bits per heavy atom. The van der Waals surface area contributed by atoms with Crippen molar-refractivity contribution >= 4 is 26.4 Å². The minimum Gasteiger partial charge on any atom is -0.465 e. The first-order valence-electron chi connectivity index (χ1n) is 9.56. The van der Waals surface area contributed by atoms with E-state index in [-0.39, 0.29) is 11.6 Å². The Morgan fingerprint density at radius 3 is 2.10 bits per heavy atom. The van der Waals surface area contributed by atoms with Gasteiger partial charge in [0, 0.05) is 0 Å². The number of hydrogen-bond acceptors (Lipinski definition) is 5. The van der Waals surface area contributed by atoms with E-state index in [4.69, 9.17) is 15.0 Å². The van der Waals surface area contributed by atoms with Crippen LogP contribution in [-0.4, -0.2) is 65.7 Å². The Bertz CT molecular complexity index is 693. The Kier molecular flexibility index (Phi) is 7.19. The molecule has 3 amide bonds. The van der Waals surface area contributed by atoms with E-state index < -0.39 is 44.1 Å². The summed E-state index contributed by atoms with van der Waals surface area (Å²) in [4.78, 5) is 37.4. The van der Waals surface area contributed by atoms with Crippen molar-refractivity contribution < 1.29 is 28.8 Å². The largest absolute Gasteiger partial charge is 0.465 e. The van der Waals surface area contributed by atoms with Gasteiger partial charge in [0.15, 0.2) is 0 Å². The van der Waals surface area contributed by atoms with Crippen molar-refractivity contribution in [3.8, 4) is 0 Å². The number of rotatable bonds is 4. The molecule has 3 N–H and O–H groups in total. The van der Waals surface area contributed by atoms with E-state index in [0.29, 0.717) is 5.57 Å². The number of hydroxylamine groups is 2. The van der Waals surface area contributed by atoms with Gasteiger partial charge >= 0.3 is 12.2 Å². The van der Waals surface area contributed by atoms with E-state index in [2.05, 4.69) is 0 Å². The van der Waals surface area contributed by atoms with Crippen LogP contribution in [0.1, 0.15) is 48.5 Å². The predicted molar refractivity (Wildman–Crippen MR) is 112 cm³/mol. The molecule has 29 heavy (non-hydrogen) atoms. The molecule has 0 saturated carbocycles. The lowest BCUT2D eigenvalue weighted by molar-refractivity contribution is -0.124. The molecule has 1 rings (SSSR count). The summed E-state index contributed by atoms with van der Waals surface area (Å²) in [6, 6.07) is -1.84. The number of carbonyl (C=O) groups excluding carboxylic acids is 2.